The topological polar surface area (TPSA) is 85.5 Å². The first-order valence-electron chi connectivity index (χ1n) is 5.33. The smallest absolute Gasteiger partial charge is 0.145 e. The predicted molar refractivity (Wildman–Crippen MR) is 65.8 cm³/mol. The molecule has 1 heterocycles. The summed E-state index contributed by atoms with van der Waals surface area (Å²) in [4.78, 5) is 10.2. The maximum absolute atomic E-state index is 5.31. The third-order valence-corrected chi connectivity index (χ3v) is 2.26. The van der Waals surface area contributed by atoms with Crippen LogP contribution in [0.15, 0.2) is 12.4 Å². The van der Waals surface area contributed by atoms with Crippen molar-refractivity contribution >= 4 is 11.6 Å². The minimum atomic E-state index is 0.579. The summed E-state index contributed by atoms with van der Waals surface area (Å²) in [5, 5.41) is 0. The van der Waals surface area contributed by atoms with Gasteiger partial charge in [-0.05, 0) is 0 Å². The molecule has 17 heavy (non-hydrogen) atoms. The molecule has 0 spiro atoms. The number of nitrogens with two attached hydrogens (primary N) is 1. The molecule has 7 nitrogen and oxygen atoms in total. The van der Waals surface area contributed by atoms with Crippen molar-refractivity contribution in [2.75, 3.05) is 50.8 Å². The average Bonchev–Trinajstić information content (AvgIpc) is 2.39. The Bertz CT molecular complexity index is 315. The number of hydrogen-bond donors (Lipinski definition) is 2. The predicted octanol–water partition coefficient (Wildman–Crippen LogP) is -0.139. The number of nitrogen functional groups attached to an aromatic ring is 1. The standard InChI is InChI=1S/C10H19N5O2/c1-16-5-3-15(4-6-17-2)10-7-9(14-11)12-8-13-10/h7-8H,3-6,11H2,1-2H3,(H,12,13,14). The van der Waals surface area contributed by atoms with Crippen LogP contribution in [0.1, 0.15) is 0 Å². The summed E-state index contributed by atoms with van der Waals surface area (Å²) in [7, 11) is 3.34. The highest BCUT2D eigenvalue weighted by molar-refractivity contribution is 5.47. The molecule has 0 radical (unpaired) electrons. The van der Waals surface area contributed by atoms with Gasteiger partial charge in [0.1, 0.15) is 18.0 Å². The minimum absolute atomic E-state index is 0.579. The maximum Gasteiger partial charge on any atom is 0.145 e. The maximum atomic E-state index is 5.31. The van der Waals surface area contributed by atoms with E-state index in [1.54, 1.807) is 20.3 Å². The van der Waals surface area contributed by atoms with Crippen LogP contribution in [0.5, 0.6) is 0 Å². The van der Waals surface area contributed by atoms with Crippen molar-refractivity contribution in [1.29, 1.82) is 0 Å². The Labute approximate surface area is 101 Å². The van der Waals surface area contributed by atoms with Crippen molar-refractivity contribution in [2.24, 2.45) is 5.84 Å². The van der Waals surface area contributed by atoms with Gasteiger partial charge in [-0.2, -0.15) is 0 Å². The van der Waals surface area contributed by atoms with Crippen molar-refractivity contribution in [1.82, 2.24) is 9.97 Å². The molecule has 3 N–H and O–H groups in total. The molecule has 0 aromatic carbocycles. The minimum Gasteiger partial charge on any atom is -0.383 e. The molecule has 0 fully saturated rings. The van der Waals surface area contributed by atoms with Crippen LogP contribution in [0.2, 0.25) is 0 Å². The molecule has 0 saturated heterocycles. The zero-order valence-corrected chi connectivity index (χ0v) is 10.2. The Morgan fingerprint density at radius 1 is 1.24 bits per heavy atom. The van der Waals surface area contributed by atoms with Crippen molar-refractivity contribution in [2.45, 2.75) is 0 Å². The molecule has 1 aromatic heterocycles. The highest BCUT2D eigenvalue weighted by atomic mass is 16.5. The lowest BCUT2D eigenvalue weighted by Crippen LogP contribution is -2.31. The van der Waals surface area contributed by atoms with Gasteiger partial charge in [0.15, 0.2) is 0 Å². The van der Waals surface area contributed by atoms with Gasteiger partial charge in [0.2, 0.25) is 0 Å². The van der Waals surface area contributed by atoms with Crippen LogP contribution in [0.3, 0.4) is 0 Å². The molecule has 96 valence electrons. The molecular formula is C10H19N5O2. The first-order valence-corrected chi connectivity index (χ1v) is 5.33. The SMILES string of the molecule is COCCN(CCOC)c1cc(NN)ncn1. The monoisotopic (exact) mass is 241 g/mol. The quantitative estimate of drug-likeness (QED) is 0.484. The number of hydrazine groups is 1. The summed E-state index contributed by atoms with van der Waals surface area (Å²) in [6.07, 6.45) is 1.47. The van der Waals surface area contributed by atoms with Gasteiger partial charge in [0.05, 0.1) is 13.2 Å². The average molecular weight is 241 g/mol. The van der Waals surface area contributed by atoms with E-state index in [1.165, 1.54) is 6.33 Å². The van der Waals surface area contributed by atoms with E-state index >= 15 is 0 Å². The lowest BCUT2D eigenvalue weighted by Gasteiger charge is -2.23. The largest absolute Gasteiger partial charge is 0.383 e. The van der Waals surface area contributed by atoms with Crippen LogP contribution < -0.4 is 16.2 Å². The number of nitrogens with zero attached hydrogens (tertiary/aromatic N) is 3. The van der Waals surface area contributed by atoms with Crippen LogP contribution in [-0.4, -0.2) is 50.5 Å². The number of nitrogens with one attached hydrogen (secondary N) is 1. The summed E-state index contributed by atoms with van der Waals surface area (Å²) in [5.74, 6) is 6.68. The van der Waals surface area contributed by atoms with E-state index in [9.17, 15) is 0 Å². The van der Waals surface area contributed by atoms with E-state index in [4.69, 9.17) is 15.3 Å². The van der Waals surface area contributed by atoms with E-state index in [0.717, 1.165) is 18.9 Å². The highest BCUT2D eigenvalue weighted by Crippen LogP contribution is 2.12. The molecular weight excluding hydrogens is 222 g/mol. The van der Waals surface area contributed by atoms with Crippen molar-refractivity contribution < 1.29 is 9.47 Å². The van der Waals surface area contributed by atoms with E-state index in [0.29, 0.717) is 19.0 Å². The van der Waals surface area contributed by atoms with Crippen molar-refractivity contribution in [3.05, 3.63) is 12.4 Å². The van der Waals surface area contributed by atoms with E-state index < -0.39 is 0 Å². The first kappa shape index (κ1) is 13.6. The van der Waals surface area contributed by atoms with E-state index in [2.05, 4.69) is 20.3 Å². The van der Waals surface area contributed by atoms with Gasteiger partial charge in [-0.25, -0.2) is 15.8 Å². The number of methoxy groups -OCH3 is 2. The Kier molecular flexibility index (Phi) is 6.23. The number of rotatable bonds is 8. The summed E-state index contributed by atoms with van der Waals surface area (Å²) < 4.78 is 10.1. The Hall–Kier alpha value is -1.44. The molecule has 1 aromatic rings. The lowest BCUT2D eigenvalue weighted by molar-refractivity contribution is 0.190. The molecule has 0 atom stereocenters. The number of anilines is 2. The van der Waals surface area contributed by atoms with E-state index in [-0.39, 0.29) is 0 Å². The Morgan fingerprint density at radius 2 is 1.88 bits per heavy atom. The molecule has 0 bridgehead atoms. The van der Waals surface area contributed by atoms with Crippen LogP contribution >= 0.6 is 0 Å². The second-order valence-electron chi connectivity index (χ2n) is 3.38. The molecule has 1 rings (SSSR count). The molecule has 0 unspecified atom stereocenters. The molecule has 0 saturated carbocycles. The Balaban J connectivity index is 2.71. The third kappa shape index (κ3) is 4.51. The fourth-order valence-corrected chi connectivity index (χ4v) is 1.34. The van der Waals surface area contributed by atoms with Gasteiger partial charge in [-0.3, -0.25) is 0 Å². The van der Waals surface area contributed by atoms with Crippen LogP contribution in [-0.2, 0) is 9.47 Å². The Morgan fingerprint density at radius 3 is 2.41 bits per heavy atom. The summed E-state index contributed by atoms with van der Waals surface area (Å²) in [6, 6.07) is 1.78. The lowest BCUT2D eigenvalue weighted by atomic mass is 10.4. The van der Waals surface area contributed by atoms with Crippen molar-refractivity contribution in [3.63, 3.8) is 0 Å². The van der Waals surface area contributed by atoms with Crippen LogP contribution in [0.25, 0.3) is 0 Å². The first-order chi connectivity index (χ1) is 8.31. The molecule has 7 heteroatoms. The second kappa shape index (κ2) is 7.77. The molecule has 0 aliphatic carbocycles. The van der Waals surface area contributed by atoms with Crippen molar-refractivity contribution in [3.8, 4) is 0 Å². The summed E-state index contributed by atoms with van der Waals surface area (Å²) in [5.41, 5.74) is 2.49. The fourth-order valence-electron chi connectivity index (χ4n) is 1.34. The zero-order valence-electron chi connectivity index (χ0n) is 10.2. The molecule has 0 aliphatic rings. The van der Waals surface area contributed by atoms with Gasteiger partial charge in [-0.15, -0.1) is 0 Å². The summed E-state index contributed by atoms with van der Waals surface area (Å²) >= 11 is 0. The molecule has 0 aliphatic heterocycles. The van der Waals surface area contributed by atoms with Gasteiger partial charge < -0.3 is 19.8 Å². The van der Waals surface area contributed by atoms with Crippen LogP contribution in [0.4, 0.5) is 11.6 Å². The zero-order chi connectivity index (χ0) is 12.5. The van der Waals surface area contributed by atoms with Gasteiger partial charge >= 0.3 is 0 Å². The summed E-state index contributed by atoms with van der Waals surface area (Å²) in [6.45, 7) is 2.72. The number of ether oxygens (including phenoxy) is 2. The normalized spacial score (nSPS) is 10.3. The van der Waals surface area contributed by atoms with E-state index in [1.807, 2.05) is 0 Å². The van der Waals surface area contributed by atoms with Gasteiger partial charge in [0.25, 0.3) is 0 Å². The highest BCUT2D eigenvalue weighted by Gasteiger charge is 2.08. The van der Waals surface area contributed by atoms with Gasteiger partial charge in [-0.1, -0.05) is 0 Å². The number of aromatic nitrogens is 2. The number of hydrogen-bond acceptors (Lipinski definition) is 7. The second-order valence-corrected chi connectivity index (χ2v) is 3.38. The molecule has 0 amide bonds. The fraction of sp³-hybridized carbons (Fsp3) is 0.600. The van der Waals surface area contributed by atoms with Crippen LogP contribution in [0, 0.1) is 0 Å². The van der Waals surface area contributed by atoms with Gasteiger partial charge in [0, 0.05) is 33.4 Å². The third-order valence-electron chi connectivity index (χ3n) is 2.26.